The predicted octanol–water partition coefficient (Wildman–Crippen LogP) is 1.26. The lowest BCUT2D eigenvalue weighted by atomic mass is 10.1. The number of aryl methyl sites for hydroxylation is 1. The molecule has 1 fully saturated rings. The van der Waals surface area contributed by atoms with Gasteiger partial charge in [-0.15, -0.1) is 0 Å². The van der Waals surface area contributed by atoms with E-state index in [1.807, 2.05) is 36.9 Å². The van der Waals surface area contributed by atoms with Gasteiger partial charge in [-0.25, -0.2) is 0 Å². The summed E-state index contributed by atoms with van der Waals surface area (Å²) in [4.78, 5) is 14.4. The molecule has 0 radical (unpaired) electrons. The predicted molar refractivity (Wildman–Crippen MR) is 91.2 cm³/mol. The van der Waals surface area contributed by atoms with E-state index in [2.05, 4.69) is 15.3 Å². The molecule has 0 saturated carbocycles. The molecule has 0 spiro atoms. The number of carbonyl (C=O) groups excluding carboxylic acids is 1. The fourth-order valence-electron chi connectivity index (χ4n) is 3.33. The Balaban J connectivity index is 1.90. The maximum absolute atomic E-state index is 12.3. The van der Waals surface area contributed by atoms with Crippen LogP contribution >= 0.6 is 11.6 Å². The van der Waals surface area contributed by atoms with Crippen molar-refractivity contribution in [3.8, 4) is 0 Å². The number of fused-ring (bicyclic) bond motifs is 1. The van der Waals surface area contributed by atoms with Gasteiger partial charge in [-0.05, 0) is 25.5 Å². The first-order valence-electron chi connectivity index (χ1n) is 7.88. The van der Waals surface area contributed by atoms with Gasteiger partial charge in [0, 0.05) is 38.1 Å². The molecule has 1 saturated heterocycles. The standard InChI is InChI=1S/C16H22ClN5O/c1-3-19-16(23)14-7-10(18)8-22(14)9-12-15-11(17)5-4-6-13(15)21(2)20-12/h4-6,10,14H,3,7-9,18H2,1-2H3,(H,19,23)/t10-,14+/m1/s1. The van der Waals surface area contributed by atoms with Gasteiger partial charge in [0.25, 0.3) is 0 Å². The summed E-state index contributed by atoms with van der Waals surface area (Å²) in [6.07, 6.45) is 0.671. The number of aromatic nitrogens is 2. The normalized spacial score (nSPS) is 21.9. The van der Waals surface area contributed by atoms with Crippen LogP contribution in [0.15, 0.2) is 18.2 Å². The summed E-state index contributed by atoms with van der Waals surface area (Å²) < 4.78 is 1.83. The van der Waals surface area contributed by atoms with Gasteiger partial charge in [-0.1, -0.05) is 17.7 Å². The van der Waals surface area contributed by atoms with Crippen molar-refractivity contribution in [2.24, 2.45) is 12.8 Å². The molecule has 2 heterocycles. The van der Waals surface area contributed by atoms with Gasteiger partial charge in [0.1, 0.15) is 0 Å². The third-order valence-corrected chi connectivity index (χ3v) is 4.66. The molecule has 7 heteroatoms. The van der Waals surface area contributed by atoms with Gasteiger partial charge in [0.05, 0.1) is 22.3 Å². The molecule has 1 aliphatic heterocycles. The van der Waals surface area contributed by atoms with Crippen molar-refractivity contribution in [2.75, 3.05) is 13.1 Å². The Kier molecular flexibility index (Phi) is 4.57. The van der Waals surface area contributed by atoms with Crippen LogP contribution in [0.2, 0.25) is 5.02 Å². The van der Waals surface area contributed by atoms with Crippen molar-refractivity contribution >= 4 is 28.4 Å². The van der Waals surface area contributed by atoms with Gasteiger partial charge < -0.3 is 11.1 Å². The summed E-state index contributed by atoms with van der Waals surface area (Å²) in [5.74, 6) is 0.0341. The highest BCUT2D eigenvalue weighted by Gasteiger charge is 2.35. The molecule has 3 rings (SSSR count). The molecule has 1 amide bonds. The number of nitrogens with zero attached hydrogens (tertiary/aromatic N) is 3. The van der Waals surface area contributed by atoms with Crippen LogP contribution in [0.4, 0.5) is 0 Å². The minimum absolute atomic E-state index is 0.00746. The maximum atomic E-state index is 12.3. The zero-order valence-electron chi connectivity index (χ0n) is 13.4. The Morgan fingerprint density at radius 3 is 3.04 bits per heavy atom. The number of amides is 1. The number of rotatable bonds is 4. The highest BCUT2D eigenvalue weighted by atomic mass is 35.5. The second-order valence-corrected chi connectivity index (χ2v) is 6.45. The third kappa shape index (κ3) is 3.06. The van der Waals surface area contributed by atoms with Crippen LogP contribution in [0.25, 0.3) is 10.9 Å². The Morgan fingerprint density at radius 2 is 2.30 bits per heavy atom. The summed E-state index contributed by atoms with van der Waals surface area (Å²) in [6, 6.07) is 5.58. The minimum atomic E-state index is -0.204. The SMILES string of the molecule is CCNC(=O)[C@@H]1C[C@@H](N)CN1Cc1nn(C)c2cccc(Cl)c12. The molecule has 6 nitrogen and oxygen atoms in total. The molecule has 2 atom stereocenters. The molecular formula is C16H22ClN5O. The number of likely N-dealkylation sites (tertiary alicyclic amines) is 1. The van der Waals surface area contributed by atoms with Crippen LogP contribution < -0.4 is 11.1 Å². The minimum Gasteiger partial charge on any atom is -0.355 e. The van der Waals surface area contributed by atoms with E-state index >= 15 is 0 Å². The average molecular weight is 336 g/mol. The highest BCUT2D eigenvalue weighted by molar-refractivity contribution is 6.35. The van der Waals surface area contributed by atoms with Gasteiger partial charge in [-0.3, -0.25) is 14.4 Å². The first kappa shape index (κ1) is 16.2. The Morgan fingerprint density at radius 1 is 1.52 bits per heavy atom. The quantitative estimate of drug-likeness (QED) is 0.882. The highest BCUT2D eigenvalue weighted by Crippen LogP contribution is 2.29. The van der Waals surface area contributed by atoms with Crippen LogP contribution in [-0.2, 0) is 18.4 Å². The van der Waals surface area contributed by atoms with E-state index in [4.69, 9.17) is 17.3 Å². The van der Waals surface area contributed by atoms with E-state index in [0.29, 0.717) is 31.1 Å². The van der Waals surface area contributed by atoms with Gasteiger partial charge >= 0.3 is 0 Å². The van der Waals surface area contributed by atoms with Gasteiger partial charge in [-0.2, -0.15) is 5.10 Å². The maximum Gasteiger partial charge on any atom is 0.237 e. The number of carbonyl (C=O) groups is 1. The lowest BCUT2D eigenvalue weighted by Crippen LogP contribution is -2.42. The number of likely N-dealkylation sites (N-methyl/N-ethyl adjacent to an activating group) is 1. The number of halogens is 1. The summed E-state index contributed by atoms with van der Waals surface area (Å²) >= 11 is 6.36. The molecular weight excluding hydrogens is 314 g/mol. The Bertz CT molecular complexity index is 729. The van der Waals surface area contributed by atoms with Crippen molar-refractivity contribution in [3.05, 3.63) is 28.9 Å². The number of benzene rings is 1. The summed E-state index contributed by atoms with van der Waals surface area (Å²) in [5, 5.41) is 9.12. The van der Waals surface area contributed by atoms with E-state index in [1.165, 1.54) is 0 Å². The molecule has 23 heavy (non-hydrogen) atoms. The molecule has 1 aromatic carbocycles. The zero-order chi connectivity index (χ0) is 16.6. The molecule has 1 aromatic heterocycles. The third-order valence-electron chi connectivity index (χ3n) is 4.34. The Labute approximate surface area is 140 Å². The van der Waals surface area contributed by atoms with E-state index in [1.54, 1.807) is 0 Å². The number of nitrogens with one attached hydrogen (secondary N) is 1. The van der Waals surface area contributed by atoms with Gasteiger partial charge in [0.15, 0.2) is 0 Å². The summed E-state index contributed by atoms with van der Waals surface area (Å²) in [6.45, 7) is 3.79. The van der Waals surface area contributed by atoms with Crippen LogP contribution in [0.3, 0.4) is 0 Å². The van der Waals surface area contributed by atoms with E-state index in [9.17, 15) is 4.79 Å². The summed E-state index contributed by atoms with van der Waals surface area (Å²) in [7, 11) is 1.90. The molecule has 3 N–H and O–H groups in total. The molecule has 2 aromatic rings. The van der Waals surface area contributed by atoms with E-state index < -0.39 is 0 Å². The van der Waals surface area contributed by atoms with Crippen LogP contribution in [-0.4, -0.2) is 45.8 Å². The van der Waals surface area contributed by atoms with E-state index in [0.717, 1.165) is 16.6 Å². The van der Waals surface area contributed by atoms with Crippen molar-refractivity contribution < 1.29 is 4.79 Å². The smallest absolute Gasteiger partial charge is 0.237 e. The van der Waals surface area contributed by atoms with Gasteiger partial charge in [0.2, 0.25) is 5.91 Å². The fraction of sp³-hybridized carbons (Fsp3) is 0.500. The number of hydrogen-bond acceptors (Lipinski definition) is 4. The Hall–Kier alpha value is -1.63. The van der Waals surface area contributed by atoms with E-state index in [-0.39, 0.29) is 18.0 Å². The second-order valence-electron chi connectivity index (χ2n) is 6.04. The van der Waals surface area contributed by atoms with Crippen LogP contribution in [0.1, 0.15) is 19.0 Å². The lowest BCUT2D eigenvalue weighted by Gasteiger charge is -2.22. The van der Waals surface area contributed by atoms with Crippen molar-refractivity contribution in [1.29, 1.82) is 0 Å². The first-order valence-corrected chi connectivity index (χ1v) is 8.26. The van der Waals surface area contributed by atoms with Crippen LogP contribution in [0, 0.1) is 0 Å². The fourth-order valence-corrected chi connectivity index (χ4v) is 3.61. The average Bonchev–Trinajstić information content (AvgIpc) is 3.02. The summed E-state index contributed by atoms with van der Waals surface area (Å²) in [5.41, 5.74) is 7.95. The molecule has 124 valence electrons. The number of nitrogens with two attached hydrogens (primary N) is 1. The van der Waals surface area contributed by atoms with Crippen LogP contribution in [0.5, 0.6) is 0 Å². The second kappa shape index (κ2) is 6.47. The van der Waals surface area contributed by atoms with Crippen molar-refractivity contribution in [3.63, 3.8) is 0 Å². The van der Waals surface area contributed by atoms with Crippen molar-refractivity contribution in [2.45, 2.75) is 32.0 Å². The zero-order valence-corrected chi connectivity index (χ0v) is 14.2. The molecule has 0 unspecified atom stereocenters. The molecule has 0 aliphatic carbocycles. The lowest BCUT2D eigenvalue weighted by molar-refractivity contribution is -0.125. The molecule has 1 aliphatic rings. The first-order chi connectivity index (χ1) is 11.0. The van der Waals surface area contributed by atoms with Crippen molar-refractivity contribution in [1.82, 2.24) is 20.0 Å². The molecule has 0 bridgehead atoms. The largest absolute Gasteiger partial charge is 0.355 e. The number of hydrogen-bond donors (Lipinski definition) is 2. The topological polar surface area (TPSA) is 76.2 Å². The monoisotopic (exact) mass is 335 g/mol.